The monoisotopic (exact) mass is 541 g/mol. The molecule has 0 fully saturated rings. The second-order valence-corrected chi connectivity index (χ2v) is 6.73. The van der Waals surface area contributed by atoms with Crippen molar-refractivity contribution in [3.05, 3.63) is 65.0 Å². The van der Waals surface area contributed by atoms with Crippen LogP contribution in [0.4, 0.5) is 0 Å². The molecule has 0 aliphatic carbocycles. The van der Waals surface area contributed by atoms with E-state index in [1.807, 2.05) is 24.3 Å². The maximum Gasteiger partial charge on any atom is 0.228 e. The fourth-order valence-corrected chi connectivity index (χ4v) is 2.82. The third kappa shape index (κ3) is 7.17. The first-order chi connectivity index (χ1) is 14.2. The summed E-state index contributed by atoms with van der Waals surface area (Å²) >= 11 is 5.90. The number of hydrogen-bond donors (Lipinski definition) is 2. The summed E-state index contributed by atoms with van der Waals surface area (Å²) in [5.41, 5.74) is 2.10. The molecule has 3 rings (SSSR count). The fourth-order valence-electron chi connectivity index (χ4n) is 2.70. The van der Waals surface area contributed by atoms with E-state index in [1.165, 1.54) is 5.56 Å². The molecular weight excluding hydrogens is 517 g/mol. The van der Waals surface area contributed by atoms with E-state index in [0.29, 0.717) is 29.7 Å². The van der Waals surface area contributed by atoms with Crippen molar-refractivity contribution in [3.8, 4) is 17.1 Å². The normalized spacial score (nSPS) is 11.0. The van der Waals surface area contributed by atoms with Crippen LogP contribution in [0.5, 0.6) is 5.75 Å². The Hall–Kier alpha value is -2.33. The van der Waals surface area contributed by atoms with Crippen LogP contribution in [0, 0.1) is 0 Å². The Kier molecular flexibility index (Phi) is 9.88. The smallest absolute Gasteiger partial charge is 0.228 e. The van der Waals surface area contributed by atoms with Crippen LogP contribution >= 0.6 is 35.6 Å². The van der Waals surface area contributed by atoms with Crippen molar-refractivity contribution in [2.75, 3.05) is 27.2 Å². The van der Waals surface area contributed by atoms with Crippen LogP contribution in [0.3, 0.4) is 0 Å². The van der Waals surface area contributed by atoms with Crippen molar-refractivity contribution in [2.24, 2.45) is 4.99 Å². The molecule has 2 aromatic carbocycles. The number of guanidine groups is 1. The summed E-state index contributed by atoms with van der Waals surface area (Å²) < 4.78 is 10.5. The molecule has 9 heteroatoms. The van der Waals surface area contributed by atoms with E-state index in [9.17, 15) is 0 Å². The molecule has 0 spiro atoms. The van der Waals surface area contributed by atoms with E-state index >= 15 is 0 Å². The number of halogens is 2. The predicted molar refractivity (Wildman–Crippen MR) is 130 cm³/mol. The molecule has 0 radical (unpaired) electrons. The molecule has 0 saturated carbocycles. The molecule has 0 atom stereocenters. The van der Waals surface area contributed by atoms with Gasteiger partial charge in [-0.15, -0.1) is 24.0 Å². The number of aromatic nitrogens is 2. The van der Waals surface area contributed by atoms with Crippen molar-refractivity contribution in [1.29, 1.82) is 0 Å². The van der Waals surface area contributed by atoms with Crippen molar-refractivity contribution in [1.82, 2.24) is 20.8 Å². The molecule has 30 heavy (non-hydrogen) atoms. The van der Waals surface area contributed by atoms with Gasteiger partial charge in [-0.25, -0.2) is 0 Å². The van der Waals surface area contributed by atoms with Crippen LogP contribution in [0.15, 0.2) is 58.0 Å². The van der Waals surface area contributed by atoms with Crippen LogP contribution in [0.1, 0.15) is 11.5 Å². The number of nitrogens with one attached hydrogen (secondary N) is 2. The molecule has 0 saturated heterocycles. The minimum Gasteiger partial charge on any atom is -0.497 e. The highest BCUT2D eigenvalue weighted by atomic mass is 127. The Morgan fingerprint density at radius 3 is 2.33 bits per heavy atom. The lowest BCUT2D eigenvalue weighted by molar-refractivity contribution is 0.378. The van der Waals surface area contributed by atoms with Crippen molar-refractivity contribution in [3.63, 3.8) is 0 Å². The molecule has 1 heterocycles. The molecular formula is C21H25ClIN5O2. The minimum atomic E-state index is 0. The molecule has 0 aliphatic rings. The quantitative estimate of drug-likeness (QED) is 0.255. The highest BCUT2D eigenvalue weighted by Gasteiger charge is 2.08. The van der Waals surface area contributed by atoms with Gasteiger partial charge in [0.15, 0.2) is 5.96 Å². The molecule has 1 aromatic heterocycles. The lowest BCUT2D eigenvalue weighted by atomic mass is 10.1. The van der Waals surface area contributed by atoms with Gasteiger partial charge in [0, 0.05) is 37.1 Å². The third-order valence-electron chi connectivity index (χ3n) is 4.29. The summed E-state index contributed by atoms with van der Waals surface area (Å²) in [7, 11) is 3.41. The number of methoxy groups -OCH3 is 1. The zero-order chi connectivity index (χ0) is 20.5. The maximum atomic E-state index is 5.90. The Bertz CT molecular complexity index is 929. The third-order valence-corrected chi connectivity index (χ3v) is 4.54. The summed E-state index contributed by atoms with van der Waals surface area (Å²) in [6, 6.07) is 15.4. The second-order valence-electron chi connectivity index (χ2n) is 6.29. The number of hydrogen-bond acceptors (Lipinski definition) is 5. The van der Waals surface area contributed by atoms with E-state index < -0.39 is 0 Å². The first-order valence-corrected chi connectivity index (χ1v) is 9.71. The van der Waals surface area contributed by atoms with Crippen molar-refractivity contribution < 1.29 is 9.26 Å². The molecule has 2 N–H and O–H groups in total. The van der Waals surface area contributed by atoms with E-state index in [4.69, 9.17) is 20.9 Å². The van der Waals surface area contributed by atoms with E-state index in [1.54, 1.807) is 26.3 Å². The molecule has 0 amide bonds. The van der Waals surface area contributed by atoms with Crippen LogP contribution in [-0.2, 0) is 12.8 Å². The van der Waals surface area contributed by atoms with Crippen molar-refractivity contribution in [2.45, 2.75) is 12.8 Å². The van der Waals surface area contributed by atoms with Gasteiger partial charge in [0.2, 0.25) is 11.7 Å². The minimum absolute atomic E-state index is 0. The number of aliphatic imine (C=N–C) groups is 1. The van der Waals surface area contributed by atoms with Gasteiger partial charge in [-0.1, -0.05) is 28.9 Å². The average Bonchev–Trinajstić information content (AvgIpc) is 3.22. The number of rotatable bonds is 8. The lowest BCUT2D eigenvalue weighted by Gasteiger charge is -2.11. The number of benzene rings is 2. The molecule has 0 unspecified atom stereocenters. The first kappa shape index (κ1) is 23.9. The fraction of sp³-hybridized carbons (Fsp3) is 0.286. The molecule has 0 bridgehead atoms. The summed E-state index contributed by atoms with van der Waals surface area (Å²) in [6.07, 6.45) is 1.48. The highest BCUT2D eigenvalue weighted by molar-refractivity contribution is 14.0. The van der Waals surface area contributed by atoms with Gasteiger partial charge in [0.25, 0.3) is 0 Å². The van der Waals surface area contributed by atoms with Crippen molar-refractivity contribution >= 4 is 41.5 Å². The SMILES string of the molecule is CN=C(NCCc1ccc(OC)cc1)NCCc1nc(-c2ccc(Cl)cc2)no1.I. The predicted octanol–water partition coefficient (Wildman–Crippen LogP) is 3.97. The Morgan fingerprint density at radius 2 is 1.70 bits per heavy atom. The molecule has 7 nitrogen and oxygen atoms in total. The van der Waals surface area contributed by atoms with Gasteiger partial charge in [0.05, 0.1) is 7.11 Å². The maximum absolute atomic E-state index is 5.90. The number of nitrogens with zero attached hydrogens (tertiary/aromatic N) is 3. The molecule has 3 aromatic rings. The zero-order valence-electron chi connectivity index (χ0n) is 16.9. The van der Waals surface area contributed by atoms with Gasteiger partial charge in [-0.2, -0.15) is 4.98 Å². The molecule has 0 aliphatic heterocycles. The summed E-state index contributed by atoms with van der Waals surface area (Å²) in [4.78, 5) is 8.65. The van der Waals surface area contributed by atoms with Gasteiger partial charge < -0.3 is 19.9 Å². The van der Waals surface area contributed by atoms with Gasteiger partial charge in [-0.05, 0) is 48.4 Å². The Balaban J connectivity index is 0.00000320. The lowest BCUT2D eigenvalue weighted by Crippen LogP contribution is -2.39. The summed E-state index contributed by atoms with van der Waals surface area (Å²) in [5.74, 6) is 2.71. The van der Waals surface area contributed by atoms with Crippen LogP contribution in [-0.4, -0.2) is 43.3 Å². The first-order valence-electron chi connectivity index (χ1n) is 9.34. The number of ether oxygens (including phenoxy) is 1. The molecule has 160 valence electrons. The highest BCUT2D eigenvalue weighted by Crippen LogP contribution is 2.18. The van der Waals surface area contributed by atoms with Crippen LogP contribution in [0.2, 0.25) is 5.02 Å². The van der Waals surface area contributed by atoms with Crippen LogP contribution < -0.4 is 15.4 Å². The van der Waals surface area contributed by atoms with Gasteiger partial charge >= 0.3 is 0 Å². The van der Waals surface area contributed by atoms with Crippen LogP contribution in [0.25, 0.3) is 11.4 Å². The van der Waals surface area contributed by atoms with E-state index in [2.05, 4.69) is 37.9 Å². The summed E-state index contributed by atoms with van der Waals surface area (Å²) in [6.45, 7) is 1.40. The van der Waals surface area contributed by atoms with E-state index in [0.717, 1.165) is 30.2 Å². The topological polar surface area (TPSA) is 84.6 Å². The van der Waals surface area contributed by atoms with Gasteiger partial charge in [0.1, 0.15) is 5.75 Å². The van der Waals surface area contributed by atoms with E-state index in [-0.39, 0.29) is 24.0 Å². The average molecular weight is 542 g/mol. The Labute approximate surface area is 198 Å². The van der Waals surface area contributed by atoms with Gasteiger partial charge in [-0.3, -0.25) is 4.99 Å². The second kappa shape index (κ2) is 12.4. The zero-order valence-corrected chi connectivity index (χ0v) is 20.0. The largest absolute Gasteiger partial charge is 0.497 e. The standard InChI is InChI=1S/C21H24ClN5O2.HI/c1-23-21(24-13-11-15-3-9-18(28-2)10-4-15)25-14-12-19-26-20(27-29-19)16-5-7-17(22)8-6-16;/h3-10H,11-14H2,1-2H3,(H2,23,24,25);1H. The Morgan fingerprint density at radius 1 is 1.03 bits per heavy atom. The summed E-state index contributed by atoms with van der Waals surface area (Å²) in [5, 5.41) is 11.2.